The average molecular weight is 344 g/mol. The van der Waals surface area contributed by atoms with Crippen LogP contribution >= 0.6 is 0 Å². The first-order valence-electron chi connectivity index (χ1n) is 7.79. The van der Waals surface area contributed by atoms with Gasteiger partial charge in [0.05, 0.1) is 24.1 Å². The minimum Gasteiger partial charge on any atom is -0.493 e. The van der Waals surface area contributed by atoms with Crippen LogP contribution in [-0.2, 0) is 20.0 Å². The maximum Gasteiger partial charge on any atom is 0.331 e. The fourth-order valence-corrected chi connectivity index (χ4v) is 3.16. The third kappa shape index (κ3) is 2.43. The lowest BCUT2D eigenvalue weighted by Gasteiger charge is -2.12. The minimum atomic E-state index is -1.12. The predicted octanol–water partition coefficient (Wildman–Crippen LogP) is 1.96. The van der Waals surface area contributed by atoms with E-state index in [1.807, 2.05) is 12.1 Å². The Kier molecular flexibility index (Phi) is 3.45. The van der Waals surface area contributed by atoms with Gasteiger partial charge in [-0.2, -0.15) is 0 Å². The van der Waals surface area contributed by atoms with Gasteiger partial charge in [-0.05, 0) is 23.3 Å². The molecule has 1 aliphatic heterocycles. The molecule has 4 rings (SSSR count). The van der Waals surface area contributed by atoms with Crippen LogP contribution in [-0.4, -0.2) is 15.7 Å². The van der Waals surface area contributed by atoms with Gasteiger partial charge in [0.25, 0.3) is 5.56 Å². The van der Waals surface area contributed by atoms with Crippen LogP contribution in [0.25, 0.3) is 10.9 Å². The smallest absolute Gasteiger partial charge is 0.331 e. The molecule has 0 fully saturated rings. The highest BCUT2D eigenvalue weighted by Crippen LogP contribution is 2.26. The molecule has 0 atom stereocenters. The minimum absolute atomic E-state index is 0.0366. The molecular weight excluding hydrogens is 330 g/mol. The number of aryl methyl sites for hydroxylation is 1. The molecule has 0 N–H and O–H groups in total. The lowest BCUT2D eigenvalue weighted by molar-refractivity contribution is 0.357. The number of hydrogen-bond donors (Lipinski definition) is 0. The number of nitrogens with zero attached hydrogens (tertiary/aromatic N) is 2. The zero-order valence-corrected chi connectivity index (χ0v) is 13.4. The molecule has 0 spiro atoms. The molecule has 0 saturated carbocycles. The van der Waals surface area contributed by atoms with Gasteiger partial charge in [-0.25, -0.2) is 13.6 Å². The van der Waals surface area contributed by atoms with E-state index in [4.69, 9.17) is 4.74 Å². The number of benzene rings is 2. The number of aromatic nitrogens is 2. The van der Waals surface area contributed by atoms with Gasteiger partial charge < -0.3 is 4.74 Å². The van der Waals surface area contributed by atoms with Crippen molar-refractivity contribution in [3.05, 3.63) is 73.9 Å². The number of hydrogen-bond acceptors (Lipinski definition) is 3. The molecule has 2 heterocycles. The van der Waals surface area contributed by atoms with Crippen LogP contribution in [0.4, 0.5) is 8.78 Å². The topological polar surface area (TPSA) is 53.2 Å². The Morgan fingerprint density at radius 2 is 1.88 bits per heavy atom. The molecule has 0 bridgehead atoms. The van der Waals surface area contributed by atoms with Gasteiger partial charge >= 0.3 is 5.69 Å². The largest absolute Gasteiger partial charge is 0.493 e. The predicted molar refractivity (Wildman–Crippen MR) is 88.1 cm³/mol. The number of fused-ring (bicyclic) bond motifs is 2. The Bertz CT molecular complexity index is 1130. The van der Waals surface area contributed by atoms with Crippen molar-refractivity contribution in [1.82, 2.24) is 9.13 Å². The van der Waals surface area contributed by atoms with Crippen molar-refractivity contribution in [3.63, 3.8) is 0 Å². The average Bonchev–Trinajstić information content (AvgIpc) is 3.06. The summed E-state index contributed by atoms with van der Waals surface area (Å²) in [5.74, 6) is -1.41. The van der Waals surface area contributed by atoms with Gasteiger partial charge in [0, 0.05) is 19.5 Å². The molecule has 2 aromatic carbocycles. The van der Waals surface area contributed by atoms with E-state index < -0.39 is 22.9 Å². The highest BCUT2D eigenvalue weighted by Gasteiger charge is 2.16. The van der Waals surface area contributed by atoms with Crippen molar-refractivity contribution in [1.29, 1.82) is 0 Å². The number of ether oxygens (including phenoxy) is 1. The highest BCUT2D eigenvalue weighted by atomic mass is 19.2. The molecular formula is C18H14F2N2O3. The lowest BCUT2D eigenvalue weighted by Crippen LogP contribution is -2.39. The van der Waals surface area contributed by atoms with Gasteiger partial charge in [-0.3, -0.25) is 13.9 Å². The van der Waals surface area contributed by atoms with Gasteiger partial charge in [-0.15, -0.1) is 0 Å². The standard InChI is InChI=1S/C18H14F2N2O3/c1-21-15-8-14(20)13(19)7-12(15)17(23)22(18(21)24)9-10-2-3-16-11(6-10)4-5-25-16/h2-3,6-8H,4-5,9H2,1H3. The first kappa shape index (κ1) is 15.6. The van der Waals surface area contributed by atoms with Crippen LogP contribution in [0, 0.1) is 11.6 Å². The van der Waals surface area contributed by atoms with E-state index >= 15 is 0 Å². The molecule has 128 valence electrons. The van der Waals surface area contributed by atoms with E-state index in [1.54, 1.807) is 6.07 Å². The first-order valence-corrected chi connectivity index (χ1v) is 7.79. The van der Waals surface area contributed by atoms with E-state index in [-0.39, 0.29) is 17.4 Å². The van der Waals surface area contributed by atoms with E-state index in [2.05, 4.69) is 0 Å². The van der Waals surface area contributed by atoms with Crippen LogP contribution in [0.3, 0.4) is 0 Å². The third-order valence-corrected chi connectivity index (χ3v) is 4.49. The maximum atomic E-state index is 13.5. The fourth-order valence-electron chi connectivity index (χ4n) is 3.16. The second-order valence-electron chi connectivity index (χ2n) is 6.06. The van der Waals surface area contributed by atoms with Crippen molar-refractivity contribution < 1.29 is 13.5 Å². The molecule has 0 saturated heterocycles. The van der Waals surface area contributed by atoms with E-state index in [9.17, 15) is 18.4 Å². The molecule has 1 aliphatic rings. The third-order valence-electron chi connectivity index (χ3n) is 4.49. The summed E-state index contributed by atoms with van der Waals surface area (Å²) in [6.07, 6.45) is 0.776. The van der Waals surface area contributed by atoms with Crippen LogP contribution in [0.5, 0.6) is 5.75 Å². The molecule has 3 aromatic rings. The summed E-state index contributed by atoms with van der Waals surface area (Å²) in [6, 6.07) is 7.18. The summed E-state index contributed by atoms with van der Waals surface area (Å²) < 4.78 is 34.6. The summed E-state index contributed by atoms with van der Waals surface area (Å²) in [4.78, 5) is 25.2. The van der Waals surface area contributed by atoms with Crippen LogP contribution in [0.1, 0.15) is 11.1 Å². The summed E-state index contributed by atoms with van der Waals surface area (Å²) in [6.45, 7) is 0.662. The Morgan fingerprint density at radius 1 is 1.12 bits per heavy atom. The summed E-state index contributed by atoms with van der Waals surface area (Å²) in [5, 5.41) is -0.0366. The zero-order valence-electron chi connectivity index (χ0n) is 13.4. The molecule has 1 aromatic heterocycles. The molecule has 0 aliphatic carbocycles. The van der Waals surface area contributed by atoms with Crippen molar-refractivity contribution in [3.8, 4) is 5.75 Å². The SMILES string of the molecule is Cn1c(=O)n(Cc2ccc3c(c2)CCO3)c(=O)c2cc(F)c(F)cc21. The summed E-state index contributed by atoms with van der Waals surface area (Å²) >= 11 is 0. The fraction of sp³-hybridized carbons (Fsp3) is 0.222. The monoisotopic (exact) mass is 344 g/mol. The maximum absolute atomic E-state index is 13.5. The summed E-state index contributed by atoms with van der Waals surface area (Å²) in [5.41, 5.74) is 0.628. The molecule has 25 heavy (non-hydrogen) atoms. The lowest BCUT2D eigenvalue weighted by atomic mass is 10.1. The normalized spacial score (nSPS) is 13.1. The molecule has 5 nitrogen and oxygen atoms in total. The highest BCUT2D eigenvalue weighted by molar-refractivity contribution is 5.78. The van der Waals surface area contributed by atoms with Gasteiger partial charge in [0.1, 0.15) is 5.75 Å². The first-order chi connectivity index (χ1) is 12.0. The van der Waals surface area contributed by atoms with E-state index in [1.165, 1.54) is 7.05 Å². The van der Waals surface area contributed by atoms with Gasteiger partial charge in [0.15, 0.2) is 11.6 Å². The summed E-state index contributed by atoms with van der Waals surface area (Å²) in [7, 11) is 1.43. The van der Waals surface area contributed by atoms with Crippen LogP contribution in [0.2, 0.25) is 0 Å². The zero-order chi connectivity index (χ0) is 17.7. The van der Waals surface area contributed by atoms with Gasteiger partial charge in [-0.1, -0.05) is 12.1 Å². The Hall–Kier alpha value is -2.96. The molecule has 0 unspecified atom stereocenters. The number of rotatable bonds is 2. The second kappa shape index (κ2) is 5.54. The van der Waals surface area contributed by atoms with Crippen molar-refractivity contribution >= 4 is 10.9 Å². The van der Waals surface area contributed by atoms with Crippen LogP contribution in [0.15, 0.2) is 39.9 Å². The molecule has 0 radical (unpaired) electrons. The van der Waals surface area contributed by atoms with Crippen molar-refractivity contribution in [2.24, 2.45) is 7.05 Å². The van der Waals surface area contributed by atoms with Gasteiger partial charge in [0.2, 0.25) is 0 Å². The quantitative estimate of drug-likeness (QED) is 0.714. The molecule has 7 heteroatoms. The van der Waals surface area contributed by atoms with E-state index in [0.717, 1.165) is 44.6 Å². The van der Waals surface area contributed by atoms with Crippen LogP contribution < -0.4 is 16.0 Å². The van der Waals surface area contributed by atoms with Crippen molar-refractivity contribution in [2.75, 3.05) is 6.61 Å². The molecule has 0 amide bonds. The Morgan fingerprint density at radius 3 is 2.68 bits per heavy atom. The van der Waals surface area contributed by atoms with E-state index in [0.29, 0.717) is 6.61 Å². The number of halogens is 2. The Balaban J connectivity index is 1.89. The van der Waals surface area contributed by atoms with Crippen molar-refractivity contribution in [2.45, 2.75) is 13.0 Å². The Labute approximate surface area is 140 Å². The second-order valence-corrected chi connectivity index (χ2v) is 6.06.